The predicted octanol–water partition coefficient (Wildman–Crippen LogP) is 4.44. The molecule has 0 atom stereocenters. The molecule has 0 radical (unpaired) electrons. The van der Waals surface area contributed by atoms with Crippen LogP contribution in [0.15, 0.2) is 61.1 Å². The molecular weight excluding hydrogens is 362 g/mol. The van der Waals surface area contributed by atoms with Gasteiger partial charge in [0.1, 0.15) is 5.82 Å². The van der Waals surface area contributed by atoms with Gasteiger partial charge in [0, 0.05) is 35.3 Å². The summed E-state index contributed by atoms with van der Waals surface area (Å²) < 4.78 is 5.31. The van der Waals surface area contributed by atoms with Crippen LogP contribution in [0, 0.1) is 0 Å². The largest absolute Gasteiger partial charge is 0.493 e. The molecule has 6 nitrogen and oxygen atoms in total. The smallest absolute Gasteiger partial charge is 0.166 e. The zero-order valence-corrected chi connectivity index (χ0v) is 15.2. The van der Waals surface area contributed by atoms with E-state index in [9.17, 15) is 0 Å². The van der Waals surface area contributed by atoms with Crippen LogP contribution in [0.3, 0.4) is 0 Å². The third kappa shape index (κ3) is 3.22. The van der Waals surface area contributed by atoms with Gasteiger partial charge in [0.25, 0.3) is 0 Å². The lowest BCUT2D eigenvalue weighted by atomic mass is 10.1. The maximum atomic E-state index is 6.36. The van der Waals surface area contributed by atoms with E-state index in [0.717, 1.165) is 28.1 Å². The predicted molar refractivity (Wildman–Crippen MR) is 106 cm³/mol. The molecule has 0 spiro atoms. The van der Waals surface area contributed by atoms with Gasteiger partial charge in [0.2, 0.25) is 0 Å². The van der Waals surface area contributed by atoms with Gasteiger partial charge in [0.15, 0.2) is 11.6 Å². The number of aromatic nitrogens is 4. The van der Waals surface area contributed by atoms with Crippen molar-refractivity contribution in [3.8, 4) is 39.7 Å². The summed E-state index contributed by atoms with van der Waals surface area (Å²) >= 11 is 6.36. The number of nitrogens with one attached hydrogen (secondary N) is 1. The molecular formula is C20H16ClN5O. The second-order valence-electron chi connectivity index (χ2n) is 5.84. The number of pyridine rings is 2. The molecule has 0 saturated heterocycles. The minimum atomic E-state index is 0.327. The molecule has 0 fully saturated rings. The van der Waals surface area contributed by atoms with E-state index in [0.29, 0.717) is 22.4 Å². The Bertz CT molecular complexity index is 1090. The minimum absolute atomic E-state index is 0.327. The van der Waals surface area contributed by atoms with Crippen molar-refractivity contribution in [2.45, 2.75) is 0 Å². The lowest BCUT2D eigenvalue weighted by molar-refractivity contribution is 0.415. The number of nitrogen functional groups attached to an aromatic ring is 1. The number of aromatic amines is 1. The lowest BCUT2D eigenvalue weighted by Crippen LogP contribution is -1.96. The van der Waals surface area contributed by atoms with E-state index < -0.39 is 0 Å². The third-order valence-corrected chi connectivity index (χ3v) is 4.51. The molecule has 3 heterocycles. The first-order chi connectivity index (χ1) is 13.2. The zero-order chi connectivity index (χ0) is 18.8. The zero-order valence-electron chi connectivity index (χ0n) is 14.5. The summed E-state index contributed by atoms with van der Waals surface area (Å²) in [4.78, 5) is 16.5. The number of halogens is 1. The van der Waals surface area contributed by atoms with Crippen molar-refractivity contribution in [3.63, 3.8) is 0 Å². The highest BCUT2D eigenvalue weighted by Crippen LogP contribution is 2.36. The van der Waals surface area contributed by atoms with Crippen molar-refractivity contribution in [2.75, 3.05) is 12.8 Å². The molecule has 0 amide bonds. The summed E-state index contributed by atoms with van der Waals surface area (Å²) in [5.41, 5.74) is 9.95. The first kappa shape index (κ1) is 17.1. The Balaban J connectivity index is 1.93. The van der Waals surface area contributed by atoms with Crippen LogP contribution < -0.4 is 10.5 Å². The number of methoxy groups -OCH3 is 1. The topological polar surface area (TPSA) is 89.7 Å². The average molecular weight is 378 g/mol. The Morgan fingerprint density at radius 3 is 2.59 bits per heavy atom. The molecule has 3 N–H and O–H groups in total. The monoisotopic (exact) mass is 377 g/mol. The van der Waals surface area contributed by atoms with Gasteiger partial charge in [-0.05, 0) is 30.3 Å². The van der Waals surface area contributed by atoms with Crippen molar-refractivity contribution in [2.24, 2.45) is 0 Å². The van der Waals surface area contributed by atoms with Crippen molar-refractivity contribution < 1.29 is 4.74 Å². The quantitative estimate of drug-likeness (QED) is 0.548. The van der Waals surface area contributed by atoms with E-state index in [2.05, 4.69) is 15.0 Å². The molecule has 0 saturated carbocycles. The summed E-state index contributed by atoms with van der Waals surface area (Å²) in [5, 5.41) is 0.618. The Morgan fingerprint density at radius 1 is 1.07 bits per heavy atom. The van der Waals surface area contributed by atoms with Crippen LogP contribution in [-0.2, 0) is 0 Å². The van der Waals surface area contributed by atoms with Gasteiger partial charge in [-0.3, -0.25) is 4.98 Å². The summed E-state index contributed by atoms with van der Waals surface area (Å²) in [5.74, 6) is 1.49. The number of anilines is 1. The number of hydrogen-bond donors (Lipinski definition) is 2. The van der Waals surface area contributed by atoms with Crippen molar-refractivity contribution in [1.82, 2.24) is 19.9 Å². The average Bonchev–Trinajstić information content (AvgIpc) is 3.14. The van der Waals surface area contributed by atoms with Gasteiger partial charge in [0.05, 0.1) is 23.5 Å². The maximum Gasteiger partial charge on any atom is 0.166 e. The van der Waals surface area contributed by atoms with Gasteiger partial charge in [-0.25, -0.2) is 9.97 Å². The number of hydrogen-bond acceptors (Lipinski definition) is 5. The minimum Gasteiger partial charge on any atom is -0.493 e. The number of H-pyrrole nitrogens is 1. The van der Waals surface area contributed by atoms with E-state index in [-0.39, 0.29) is 0 Å². The highest BCUT2D eigenvalue weighted by Gasteiger charge is 2.18. The van der Waals surface area contributed by atoms with Crippen molar-refractivity contribution in [3.05, 3.63) is 66.1 Å². The number of imidazole rings is 1. The number of rotatable bonds is 4. The van der Waals surface area contributed by atoms with Crippen LogP contribution in [0.5, 0.6) is 5.75 Å². The Hall–Kier alpha value is -3.38. The summed E-state index contributed by atoms with van der Waals surface area (Å²) in [6.45, 7) is 0. The van der Waals surface area contributed by atoms with E-state index >= 15 is 0 Å². The SMILES string of the molecule is COc1cc(-c2nc(-c3ccccc3Cl)[nH]c2-c2ccncc2)cnc1N. The fourth-order valence-electron chi connectivity index (χ4n) is 2.84. The normalized spacial score (nSPS) is 10.7. The summed E-state index contributed by atoms with van der Waals surface area (Å²) in [6.07, 6.45) is 5.14. The van der Waals surface area contributed by atoms with Crippen LogP contribution in [0.2, 0.25) is 5.02 Å². The van der Waals surface area contributed by atoms with E-state index in [1.54, 1.807) is 25.7 Å². The highest BCUT2D eigenvalue weighted by atomic mass is 35.5. The van der Waals surface area contributed by atoms with E-state index in [4.69, 9.17) is 27.1 Å². The fraction of sp³-hybridized carbons (Fsp3) is 0.0500. The van der Waals surface area contributed by atoms with Gasteiger partial charge in [-0.1, -0.05) is 23.7 Å². The summed E-state index contributed by atoms with van der Waals surface area (Å²) in [7, 11) is 1.56. The standard InChI is InChI=1S/C20H16ClN5O/c1-27-16-10-13(11-24-19(16)22)18-17(12-6-8-23-9-7-12)25-20(26-18)14-4-2-3-5-15(14)21/h2-11H,1H3,(H2,22,24)(H,25,26). The molecule has 7 heteroatoms. The fourth-order valence-corrected chi connectivity index (χ4v) is 3.06. The molecule has 134 valence electrons. The van der Waals surface area contributed by atoms with Crippen LogP contribution >= 0.6 is 11.6 Å². The molecule has 0 aliphatic heterocycles. The molecule has 0 aliphatic carbocycles. The molecule has 1 aromatic carbocycles. The van der Waals surface area contributed by atoms with Crippen LogP contribution in [0.25, 0.3) is 33.9 Å². The van der Waals surface area contributed by atoms with Crippen LogP contribution in [-0.4, -0.2) is 27.0 Å². The molecule has 4 rings (SSSR count). The van der Waals surface area contributed by atoms with Crippen molar-refractivity contribution in [1.29, 1.82) is 0 Å². The molecule has 0 bridgehead atoms. The molecule has 0 aliphatic rings. The number of nitrogens with two attached hydrogens (primary N) is 1. The third-order valence-electron chi connectivity index (χ3n) is 4.18. The lowest BCUT2D eigenvalue weighted by Gasteiger charge is -2.07. The Kier molecular flexibility index (Phi) is 4.48. The van der Waals surface area contributed by atoms with Crippen molar-refractivity contribution >= 4 is 17.4 Å². The van der Waals surface area contributed by atoms with Crippen LogP contribution in [0.1, 0.15) is 0 Å². The molecule has 0 unspecified atom stereocenters. The first-order valence-corrected chi connectivity index (χ1v) is 8.60. The van der Waals surface area contributed by atoms with Gasteiger partial charge >= 0.3 is 0 Å². The van der Waals surface area contributed by atoms with Gasteiger partial charge in [-0.15, -0.1) is 0 Å². The molecule has 3 aromatic heterocycles. The van der Waals surface area contributed by atoms with Gasteiger partial charge in [-0.2, -0.15) is 0 Å². The molecule has 4 aromatic rings. The highest BCUT2D eigenvalue weighted by molar-refractivity contribution is 6.33. The van der Waals surface area contributed by atoms with Crippen LogP contribution in [0.4, 0.5) is 5.82 Å². The second kappa shape index (κ2) is 7.09. The Labute approximate surface area is 161 Å². The van der Waals surface area contributed by atoms with E-state index in [1.165, 1.54) is 0 Å². The second-order valence-corrected chi connectivity index (χ2v) is 6.24. The summed E-state index contributed by atoms with van der Waals surface area (Å²) in [6, 6.07) is 13.2. The number of nitrogens with zero attached hydrogens (tertiary/aromatic N) is 3. The maximum absolute atomic E-state index is 6.36. The first-order valence-electron chi connectivity index (χ1n) is 8.22. The van der Waals surface area contributed by atoms with E-state index in [1.807, 2.05) is 42.5 Å². The number of ether oxygens (including phenoxy) is 1. The Morgan fingerprint density at radius 2 is 1.85 bits per heavy atom. The van der Waals surface area contributed by atoms with Gasteiger partial charge < -0.3 is 15.5 Å². The number of benzene rings is 1. The molecule has 27 heavy (non-hydrogen) atoms.